The van der Waals surface area contributed by atoms with Gasteiger partial charge >= 0.3 is 0 Å². The van der Waals surface area contributed by atoms with Crippen LogP contribution < -0.4 is 0 Å². The van der Waals surface area contributed by atoms with Gasteiger partial charge in [0.1, 0.15) is 5.01 Å². The van der Waals surface area contributed by atoms with Gasteiger partial charge in [-0.05, 0) is 13.8 Å². The maximum Gasteiger partial charge on any atom is 0.219 e. The summed E-state index contributed by atoms with van der Waals surface area (Å²) < 4.78 is 0. The van der Waals surface area contributed by atoms with Gasteiger partial charge in [0.25, 0.3) is 0 Å². The molecule has 1 aromatic rings. The summed E-state index contributed by atoms with van der Waals surface area (Å²) in [5.74, 6) is 0.0698. The molecule has 72 valence electrons. The van der Waals surface area contributed by atoms with E-state index in [1.54, 1.807) is 30.2 Å². The number of thiazole rings is 1. The Labute approximate surface area is 82.4 Å². The minimum absolute atomic E-state index is 0.0698. The van der Waals surface area contributed by atoms with E-state index in [9.17, 15) is 4.79 Å². The van der Waals surface area contributed by atoms with Crippen LogP contribution in [0.3, 0.4) is 0 Å². The van der Waals surface area contributed by atoms with Gasteiger partial charge in [0.05, 0.1) is 6.04 Å². The third kappa shape index (κ3) is 2.28. The third-order valence-electron chi connectivity index (χ3n) is 2.07. The molecule has 0 spiro atoms. The second-order valence-corrected chi connectivity index (χ2v) is 4.02. The van der Waals surface area contributed by atoms with Crippen LogP contribution in [0.15, 0.2) is 5.38 Å². The van der Waals surface area contributed by atoms with E-state index in [0.29, 0.717) is 0 Å². The molecule has 0 fully saturated rings. The van der Waals surface area contributed by atoms with Crippen LogP contribution in [0.5, 0.6) is 0 Å². The van der Waals surface area contributed by atoms with Crippen molar-refractivity contribution in [3.8, 4) is 0 Å². The van der Waals surface area contributed by atoms with E-state index in [1.165, 1.54) is 0 Å². The van der Waals surface area contributed by atoms with Crippen LogP contribution in [0.1, 0.15) is 30.6 Å². The SMILES string of the molecule is CC(=O)N(C)C(C)c1nc(C)cs1. The van der Waals surface area contributed by atoms with Crippen molar-refractivity contribution in [2.24, 2.45) is 0 Å². The minimum Gasteiger partial charge on any atom is -0.337 e. The molecule has 0 aromatic carbocycles. The zero-order chi connectivity index (χ0) is 10.0. The maximum atomic E-state index is 11.1. The van der Waals surface area contributed by atoms with Gasteiger partial charge in [0.15, 0.2) is 0 Å². The summed E-state index contributed by atoms with van der Waals surface area (Å²) >= 11 is 1.60. The highest BCUT2D eigenvalue weighted by Crippen LogP contribution is 2.22. The number of aryl methyl sites for hydroxylation is 1. The van der Waals surface area contributed by atoms with Crippen molar-refractivity contribution in [3.05, 3.63) is 16.1 Å². The molecular formula is C9H14N2OS. The molecule has 1 aromatic heterocycles. The summed E-state index contributed by atoms with van der Waals surface area (Å²) in [4.78, 5) is 17.1. The lowest BCUT2D eigenvalue weighted by molar-refractivity contribution is -0.129. The van der Waals surface area contributed by atoms with Crippen molar-refractivity contribution in [1.82, 2.24) is 9.88 Å². The van der Waals surface area contributed by atoms with Crippen LogP contribution in [0.25, 0.3) is 0 Å². The molecule has 13 heavy (non-hydrogen) atoms. The fourth-order valence-electron chi connectivity index (χ4n) is 1.00. The van der Waals surface area contributed by atoms with Crippen LogP contribution in [0.4, 0.5) is 0 Å². The molecule has 0 radical (unpaired) electrons. The number of rotatable bonds is 2. The first-order chi connectivity index (χ1) is 6.02. The van der Waals surface area contributed by atoms with Gasteiger partial charge in [0.2, 0.25) is 5.91 Å². The van der Waals surface area contributed by atoms with Crippen molar-refractivity contribution in [1.29, 1.82) is 0 Å². The molecule has 0 aliphatic carbocycles. The van der Waals surface area contributed by atoms with Gasteiger partial charge in [-0.25, -0.2) is 4.98 Å². The summed E-state index contributed by atoms with van der Waals surface area (Å²) in [6.07, 6.45) is 0. The first-order valence-electron chi connectivity index (χ1n) is 4.17. The Kier molecular flexibility index (Phi) is 3.03. The van der Waals surface area contributed by atoms with Crippen molar-refractivity contribution in [2.45, 2.75) is 26.8 Å². The Morgan fingerprint density at radius 1 is 1.69 bits per heavy atom. The van der Waals surface area contributed by atoms with E-state index >= 15 is 0 Å². The van der Waals surface area contributed by atoms with E-state index in [1.807, 2.05) is 19.2 Å². The normalized spacial score (nSPS) is 12.6. The van der Waals surface area contributed by atoms with Gasteiger partial charge in [-0.15, -0.1) is 11.3 Å². The van der Waals surface area contributed by atoms with E-state index in [4.69, 9.17) is 0 Å². The number of carbonyl (C=O) groups is 1. The second-order valence-electron chi connectivity index (χ2n) is 3.13. The van der Waals surface area contributed by atoms with Crippen molar-refractivity contribution in [3.63, 3.8) is 0 Å². The van der Waals surface area contributed by atoms with E-state index < -0.39 is 0 Å². The lowest BCUT2D eigenvalue weighted by Crippen LogP contribution is -2.26. The van der Waals surface area contributed by atoms with Gasteiger partial charge in [-0.2, -0.15) is 0 Å². The van der Waals surface area contributed by atoms with Crippen molar-refractivity contribution in [2.75, 3.05) is 7.05 Å². The Bertz CT molecular complexity index is 308. The predicted octanol–water partition coefficient (Wildman–Crippen LogP) is 1.99. The molecule has 1 amide bonds. The van der Waals surface area contributed by atoms with Crippen LogP contribution in [-0.2, 0) is 4.79 Å². The van der Waals surface area contributed by atoms with Gasteiger partial charge < -0.3 is 4.90 Å². The zero-order valence-electron chi connectivity index (χ0n) is 8.37. The minimum atomic E-state index is 0.0698. The Hall–Kier alpha value is -0.900. The second kappa shape index (κ2) is 3.87. The molecule has 0 aliphatic heterocycles. The van der Waals surface area contributed by atoms with Gasteiger partial charge in [-0.3, -0.25) is 4.79 Å². The molecule has 0 aliphatic rings. The average Bonchev–Trinajstić information content (AvgIpc) is 2.49. The molecule has 1 atom stereocenters. The number of hydrogen-bond donors (Lipinski definition) is 0. The molecular weight excluding hydrogens is 184 g/mol. The number of amides is 1. The summed E-state index contributed by atoms with van der Waals surface area (Å²) in [7, 11) is 1.80. The highest BCUT2D eigenvalue weighted by atomic mass is 32.1. The molecule has 0 saturated heterocycles. The molecule has 0 saturated carbocycles. The molecule has 3 nitrogen and oxygen atoms in total. The lowest BCUT2D eigenvalue weighted by atomic mass is 10.3. The third-order valence-corrected chi connectivity index (χ3v) is 3.20. The smallest absolute Gasteiger partial charge is 0.219 e. The summed E-state index contributed by atoms with van der Waals surface area (Å²) in [6, 6.07) is 0.0798. The topological polar surface area (TPSA) is 33.2 Å². The van der Waals surface area contributed by atoms with Crippen molar-refractivity contribution < 1.29 is 4.79 Å². The first kappa shape index (κ1) is 10.2. The Morgan fingerprint density at radius 3 is 2.69 bits per heavy atom. The van der Waals surface area contributed by atoms with Crippen LogP contribution >= 0.6 is 11.3 Å². The summed E-state index contributed by atoms with van der Waals surface area (Å²) in [5, 5.41) is 3.00. The summed E-state index contributed by atoms with van der Waals surface area (Å²) in [5.41, 5.74) is 1.02. The van der Waals surface area contributed by atoms with Crippen LogP contribution in [-0.4, -0.2) is 22.8 Å². The fourth-order valence-corrected chi connectivity index (χ4v) is 1.90. The molecule has 1 heterocycles. The number of carbonyl (C=O) groups excluding carboxylic acids is 1. The van der Waals surface area contributed by atoms with Crippen LogP contribution in [0, 0.1) is 6.92 Å². The Morgan fingerprint density at radius 2 is 2.31 bits per heavy atom. The van der Waals surface area contributed by atoms with Gasteiger partial charge in [-0.1, -0.05) is 0 Å². The first-order valence-corrected chi connectivity index (χ1v) is 5.05. The number of aromatic nitrogens is 1. The summed E-state index contributed by atoms with van der Waals surface area (Å²) in [6.45, 7) is 5.51. The van der Waals surface area contributed by atoms with Crippen LogP contribution in [0.2, 0.25) is 0 Å². The quantitative estimate of drug-likeness (QED) is 0.728. The van der Waals surface area contributed by atoms with Crippen molar-refractivity contribution >= 4 is 17.2 Å². The average molecular weight is 198 g/mol. The molecule has 0 N–H and O–H groups in total. The molecule has 1 unspecified atom stereocenters. The Balaban J connectivity index is 2.78. The van der Waals surface area contributed by atoms with E-state index in [-0.39, 0.29) is 11.9 Å². The zero-order valence-corrected chi connectivity index (χ0v) is 9.18. The maximum absolute atomic E-state index is 11.1. The highest BCUT2D eigenvalue weighted by molar-refractivity contribution is 7.09. The van der Waals surface area contributed by atoms with E-state index in [0.717, 1.165) is 10.7 Å². The molecule has 1 rings (SSSR count). The molecule has 0 bridgehead atoms. The van der Waals surface area contributed by atoms with Gasteiger partial charge in [0, 0.05) is 25.0 Å². The van der Waals surface area contributed by atoms with E-state index in [2.05, 4.69) is 4.98 Å². The highest BCUT2D eigenvalue weighted by Gasteiger charge is 2.16. The lowest BCUT2D eigenvalue weighted by Gasteiger charge is -2.21. The molecule has 4 heteroatoms. The predicted molar refractivity (Wildman–Crippen MR) is 53.7 cm³/mol. The standard InChI is InChI=1S/C9H14N2OS/c1-6-5-13-9(10-6)7(2)11(4)8(3)12/h5,7H,1-4H3. The largest absolute Gasteiger partial charge is 0.337 e. The fraction of sp³-hybridized carbons (Fsp3) is 0.556. The number of hydrogen-bond acceptors (Lipinski definition) is 3. The monoisotopic (exact) mass is 198 g/mol. The number of nitrogens with zero attached hydrogens (tertiary/aromatic N) is 2.